The predicted molar refractivity (Wildman–Crippen MR) is 115 cm³/mol. The summed E-state index contributed by atoms with van der Waals surface area (Å²) in [6.07, 6.45) is 2.31. The third-order valence-electron chi connectivity index (χ3n) is 5.40. The van der Waals surface area contributed by atoms with Crippen LogP contribution < -0.4 is 10.4 Å². The zero-order valence-electron chi connectivity index (χ0n) is 16.8. The van der Waals surface area contributed by atoms with Gasteiger partial charge in [0.1, 0.15) is 6.61 Å². The second-order valence-corrected chi connectivity index (χ2v) is 8.34. The molecular weight excluding hydrogens is 398 g/mol. The Kier molecular flexibility index (Phi) is 4.71. The monoisotopic (exact) mass is 419 g/mol. The van der Waals surface area contributed by atoms with Gasteiger partial charge in [0.25, 0.3) is 5.19 Å². The number of aromatic nitrogens is 5. The summed E-state index contributed by atoms with van der Waals surface area (Å²) in [7, 11) is 1.59. The Hall–Kier alpha value is -3.26. The first-order valence-electron chi connectivity index (χ1n) is 9.87. The molecule has 0 N–H and O–H groups in total. The molecule has 0 spiro atoms. The highest BCUT2D eigenvalue weighted by Crippen LogP contribution is 2.43. The van der Waals surface area contributed by atoms with E-state index in [1.54, 1.807) is 7.05 Å². The Morgan fingerprint density at radius 1 is 1.13 bits per heavy atom. The summed E-state index contributed by atoms with van der Waals surface area (Å²) in [6.45, 7) is 2.40. The Morgan fingerprint density at radius 2 is 1.97 bits per heavy atom. The van der Waals surface area contributed by atoms with Crippen molar-refractivity contribution in [2.45, 2.75) is 32.3 Å². The number of nitrogens with zero attached hydrogens (tertiary/aromatic N) is 5. The molecule has 1 aliphatic rings. The van der Waals surface area contributed by atoms with Gasteiger partial charge in [-0.3, -0.25) is 0 Å². The minimum Gasteiger partial charge on any atom is -0.465 e. The summed E-state index contributed by atoms with van der Waals surface area (Å²) in [4.78, 5) is 17.1. The van der Waals surface area contributed by atoms with Crippen LogP contribution in [0.4, 0.5) is 0 Å². The predicted octanol–water partition coefficient (Wildman–Crippen LogP) is 3.85. The van der Waals surface area contributed by atoms with Gasteiger partial charge in [0.15, 0.2) is 0 Å². The lowest BCUT2D eigenvalue weighted by molar-refractivity contribution is 0.303. The molecule has 8 heteroatoms. The van der Waals surface area contributed by atoms with Gasteiger partial charge in [-0.05, 0) is 53.3 Å². The van der Waals surface area contributed by atoms with E-state index in [-0.39, 0.29) is 5.69 Å². The number of aryl methyl sites for hydroxylation is 2. The lowest BCUT2D eigenvalue weighted by Crippen LogP contribution is -2.23. The summed E-state index contributed by atoms with van der Waals surface area (Å²) in [5.41, 5.74) is 5.81. The Morgan fingerprint density at radius 3 is 2.70 bits per heavy atom. The molecule has 0 amide bonds. The molecule has 0 bridgehead atoms. The average molecular weight is 420 g/mol. The number of benzene rings is 2. The number of hydrogen-bond acceptors (Lipinski definition) is 6. The van der Waals surface area contributed by atoms with Crippen molar-refractivity contribution in [1.82, 2.24) is 24.8 Å². The van der Waals surface area contributed by atoms with Crippen molar-refractivity contribution in [2.24, 2.45) is 7.05 Å². The molecule has 0 aliphatic heterocycles. The van der Waals surface area contributed by atoms with Gasteiger partial charge in [0.05, 0.1) is 11.4 Å². The second-order valence-electron chi connectivity index (χ2n) is 7.52. The third kappa shape index (κ3) is 3.43. The Balaban J connectivity index is 1.46. The van der Waals surface area contributed by atoms with Gasteiger partial charge >= 0.3 is 5.69 Å². The van der Waals surface area contributed by atoms with Crippen molar-refractivity contribution in [3.8, 4) is 22.1 Å². The topological polar surface area (TPSA) is 74.8 Å². The quantitative estimate of drug-likeness (QED) is 0.474. The highest BCUT2D eigenvalue weighted by Gasteiger charge is 2.28. The number of ether oxygens (including phenoxy) is 1. The maximum absolute atomic E-state index is 12.4. The molecule has 0 atom stereocenters. The summed E-state index contributed by atoms with van der Waals surface area (Å²) in [5, 5.41) is 10.5. The van der Waals surface area contributed by atoms with Crippen LogP contribution in [0, 0.1) is 6.92 Å². The number of hydrogen-bond donors (Lipinski definition) is 0. The minimum atomic E-state index is -0.278. The van der Waals surface area contributed by atoms with Crippen LogP contribution in [0.3, 0.4) is 0 Å². The number of thiazole rings is 1. The lowest BCUT2D eigenvalue weighted by Gasteiger charge is -2.13. The zero-order valence-corrected chi connectivity index (χ0v) is 17.6. The molecule has 152 valence electrons. The van der Waals surface area contributed by atoms with E-state index in [1.165, 1.54) is 31.8 Å². The maximum Gasteiger partial charge on any atom is 0.368 e. The first-order valence-corrected chi connectivity index (χ1v) is 10.8. The maximum atomic E-state index is 12.4. The first kappa shape index (κ1) is 18.7. The third-order valence-corrected chi connectivity index (χ3v) is 6.15. The molecule has 0 unspecified atom stereocenters. The van der Waals surface area contributed by atoms with Crippen molar-refractivity contribution in [2.75, 3.05) is 0 Å². The SMILES string of the molecule is Cc1ccccc1-c1csc(OCc2c(C3CC3)cccc2-n2nnn(C)c2=O)n1. The first-order chi connectivity index (χ1) is 14.6. The zero-order chi connectivity index (χ0) is 20.7. The molecule has 2 heterocycles. The molecule has 1 fully saturated rings. The lowest BCUT2D eigenvalue weighted by atomic mass is 10.0. The number of tetrazole rings is 1. The second kappa shape index (κ2) is 7.53. The minimum absolute atomic E-state index is 0.278. The molecule has 2 aromatic carbocycles. The van der Waals surface area contributed by atoms with E-state index < -0.39 is 0 Å². The fourth-order valence-electron chi connectivity index (χ4n) is 3.63. The van der Waals surface area contributed by atoms with E-state index in [1.807, 2.05) is 29.6 Å². The summed E-state index contributed by atoms with van der Waals surface area (Å²) in [5.74, 6) is 0.509. The fourth-order valence-corrected chi connectivity index (χ4v) is 4.30. The highest BCUT2D eigenvalue weighted by molar-refractivity contribution is 7.11. The van der Waals surface area contributed by atoms with Crippen LogP contribution in [0.2, 0.25) is 0 Å². The van der Waals surface area contributed by atoms with E-state index >= 15 is 0 Å². The largest absolute Gasteiger partial charge is 0.465 e. The number of rotatable bonds is 6. The fraction of sp³-hybridized carbons (Fsp3) is 0.273. The van der Waals surface area contributed by atoms with Crippen LogP contribution in [-0.2, 0) is 13.7 Å². The van der Waals surface area contributed by atoms with E-state index in [0.29, 0.717) is 23.4 Å². The summed E-state index contributed by atoms with van der Waals surface area (Å²) in [6, 6.07) is 14.1. The molecule has 2 aromatic heterocycles. The van der Waals surface area contributed by atoms with Crippen molar-refractivity contribution < 1.29 is 4.74 Å². The molecule has 1 aliphatic carbocycles. The van der Waals surface area contributed by atoms with E-state index in [0.717, 1.165) is 29.7 Å². The van der Waals surface area contributed by atoms with Crippen molar-refractivity contribution >= 4 is 11.3 Å². The summed E-state index contributed by atoms with van der Waals surface area (Å²) >= 11 is 1.48. The Labute approximate surface area is 177 Å². The molecule has 30 heavy (non-hydrogen) atoms. The van der Waals surface area contributed by atoms with Crippen LogP contribution >= 0.6 is 11.3 Å². The van der Waals surface area contributed by atoms with Crippen molar-refractivity contribution in [3.63, 3.8) is 0 Å². The molecule has 0 saturated heterocycles. The molecule has 5 rings (SSSR count). The van der Waals surface area contributed by atoms with Gasteiger partial charge in [0.2, 0.25) is 0 Å². The van der Waals surface area contributed by atoms with Gasteiger partial charge in [-0.25, -0.2) is 9.78 Å². The molecule has 0 radical (unpaired) electrons. The molecule has 7 nitrogen and oxygen atoms in total. The van der Waals surface area contributed by atoms with Crippen LogP contribution in [-0.4, -0.2) is 24.8 Å². The van der Waals surface area contributed by atoms with Gasteiger partial charge in [-0.1, -0.05) is 47.7 Å². The summed E-state index contributed by atoms with van der Waals surface area (Å²) < 4.78 is 8.66. The van der Waals surface area contributed by atoms with Crippen LogP contribution in [0.1, 0.15) is 35.4 Å². The van der Waals surface area contributed by atoms with Gasteiger partial charge in [0, 0.05) is 23.6 Å². The van der Waals surface area contributed by atoms with Gasteiger partial charge in [-0.2, -0.15) is 9.36 Å². The van der Waals surface area contributed by atoms with Crippen LogP contribution in [0.5, 0.6) is 5.19 Å². The van der Waals surface area contributed by atoms with Crippen LogP contribution in [0.15, 0.2) is 52.6 Å². The van der Waals surface area contributed by atoms with Crippen molar-refractivity contribution in [3.05, 3.63) is 75.0 Å². The average Bonchev–Trinajstić information content (AvgIpc) is 3.41. The highest BCUT2D eigenvalue weighted by atomic mass is 32.1. The molecular formula is C22H21N5O2S. The van der Waals surface area contributed by atoms with Gasteiger partial charge in [-0.15, -0.1) is 0 Å². The Bertz CT molecular complexity index is 1270. The standard InChI is InChI=1S/C22H21N5O2S/c1-14-6-3-4-7-16(14)19-13-30-21(23-19)29-12-18-17(15-10-11-15)8-5-9-20(18)27-22(28)26(2)24-25-27/h3-9,13,15H,10-12H2,1-2H3. The van der Waals surface area contributed by atoms with E-state index in [2.05, 4.69) is 40.5 Å². The normalized spacial score (nSPS) is 13.5. The molecule has 4 aromatic rings. The van der Waals surface area contributed by atoms with Crippen LogP contribution in [0.25, 0.3) is 16.9 Å². The molecule has 1 saturated carbocycles. The van der Waals surface area contributed by atoms with Gasteiger partial charge < -0.3 is 4.74 Å². The van der Waals surface area contributed by atoms with Crippen molar-refractivity contribution in [1.29, 1.82) is 0 Å². The van der Waals surface area contributed by atoms with E-state index in [9.17, 15) is 4.79 Å². The van der Waals surface area contributed by atoms with E-state index in [4.69, 9.17) is 4.74 Å². The smallest absolute Gasteiger partial charge is 0.368 e.